The Bertz CT molecular complexity index is 652. The first-order chi connectivity index (χ1) is 9.74. The summed E-state index contributed by atoms with van der Waals surface area (Å²) in [6, 6.07) is 18.9. The first-order valence-electron chi connectivity index (χ1n) is 7.07. The second-order valence-electron chi connectivity index (χ2n) is 5.47. The van der Waals surface area contributed by atoms with E-state index in [1.807, 2.05) is 6.07 Å². The Morgan fingerprint density at radius 3 is 2.45 bits per heavy atom. The van der Waals surface area contributed by atoms with Crippen LogP contribution in [0.2, 0.25) is 0 Å². The molecule has 0 saturated carbocycles. The van der Waals surface area contributed by atoms with Crippen molar-refractivity contribution in [3.8, 4) is 0 Å². The van der Waals surface area contributed by atoms with Crippen LogP contribution in [0.3, 0.4) is 0 Å². The van der Waals surface area contributed by atoms with Crippen molar-refractivity contribution in [2.45, 2.75) is 25.7 Å². The molecule has 0 amide bonds. The molecule has 2 aromatic carbocycles. The fourth-order valence-electron chi connectivity index (χ4n) is 2.99. The summed E-state index contributed by atoms with van der Waals surface area (Å²) in [5, 5.41) is 0. The number of fused-ring (bicyclic) bond motifs is 1. The predicted octanol–water partition coefficient (Wildman–Crippen LogP) is 4.39. The van der Waals surface area contributed by atoms with Crippen LogP contribution in [-0.4, -0.2) is 5.78 Å². The van der Waals surface area contributed by atoms with Gasteiger partial charge in [-0.15, -0.1) is 0 Å². The van der Waals surface area contributed by atoms with Gasteiger partial charge >= 0.3 is 0 Å². The third kappa shape index (κ3) is 2.57. The lowest BCUT2D eigenvalue weighted by Gasteiger charge is -2.15. The van der Waals surface area contributed by atoms with E-state index in [4.69, 9.17) is 0 Å². The summed E-state index contributed by atoms with van der Waals surface area (Å²) in [4.78, 5) is 11.6. The topological polar surface area (TPSA) is 17.1 Å². The van der Waals surface area contributed by atoms with Crippen LogP contribution in [0, 0.1) is 0 Å². The maximum Gasteiger partial charge on any atom is 0.130 e. The summed E-state index contributed by atoms with van der Waals surface area (Å²) < 4.78 is 0. The number of ketones is 1. The minimum atomic E-state index is 0.254. The van der Waals surface area contributed by atoms with Gasteiger partial charge in [-0.3, -0.25) is 4.79 Å². The van der Waals surface area contributed by atoms with Crippen LogP contribution in [0.5, 0.6) is 0 Å². The van der Waals surface area contributed by atoms with E-state index in [0.29, 0.717) is 6.42 Å². The van der Waals surface area contributed by atoms with E-state index >= 15 is 0 Å². The number of hydrogen-bond acceptors (Lipinski definition) is 1. The molecule has 1 aliphatic rings. The maximum absolute atomic E-state index is 11.6. The zero-order valence-corrected chi connectivity index (χ0v) is 11.7. The Balaban J connectivity index is 1.91. The summed E-state index contributed by atoms with van der Waals surface area (Å²) in [6.07, 6.45) is 3.79. The minimum Gasteiger partial charge on any atom is -0.300 e. The largest absolute Gasteiger partial charge is 0.300 e. The molecule has 1 heteroatoms. The molecule has 1 aliphatic carbocycles. The molecule has 0 fully saturated rings. The Morgan fingerprint density at radius 2 is 1.70 bits per heavy atom. The highest BCUT2D eigenvalue weighted by Crippen LogP contribution is 2.40. The summed E-state index contributed by atoms with van der Waals surface area (Å²) in [7, 11) is 0. The van der Waals surface area contributed by atoms with E-state index in [9.17, 15) is 4.79 Å². The van der Waals surface area contributed by atoms with Crippen LogP contribution >= 0.6 is 0 Å². The normalized spacial score (nSPS) is 16.6. The number of rotatable bonds is 4. The van der Waals surface area contributed by atoms with Gasteiger partial charge in [0.05, 0.1) is 0 Å². The van der Waals surface area contributed by atoms with Crippen molar-refractivity contribution in [3.05, 3.63) is 76.9 Å². The van der Waals surface area contributed by atoms with Crippen molar-refractivity contribution in [1.29, 1.82) is 0 Å². The van der Waals surface area contributed by atoms with E-state index in [2.05, 4.69) is 54.6 Å². The van der Waals surface area contributed by atoms with Crippen molar-refractivity contribution in [2.24, 2.45) is 0 Å². The number of benzene rings is 2. The molecule has 0 spiro atoms. The molecule has 1 unspecified atom stereocenters. The summed E-state index contributed by atoms with van der Waals surface area (Å²) in [5.74, 6) is 0.509. The highest BCUT2D eigenvalue weighted by Gasteiger charge is 2.25. The van der Waals surface area contributed by atoms with Crippen molar-refractivity contribution < 1.29 is 4.79 Å². The van der Waals surface area contributed by atoms with E-state index in [1.165, 1.54) is 22.3 Å². The lowest BCUT2D eigenvalue weighted by Crippen LogP contribution is -2.06. The van der Waals surface area contributed by atoms with Gasteiger partial charge in [-0.05, 0) is 30.0 Å². The van der Waals surface area contributed by atoms with Crippen LogP contribution < -0.4 is 0 Å². The molecule has 1 atom stereocenters. The summed E-state index contributed by atoms with van der Waals surface area (Å²) in [5.41, 5.74) is 5.23. The van der Waals surface area contributed by atoms with E-state index in [0.717, 1.165) is 6.42 Å². The highest BCUT2D eigenvalue weighted by atomic mass is 16.1. The zero-order valence-electron chi connectivity index (χ0n) is 11.7. The average molecular weight is 262 g/mol. The van der Waals surface area contributed by atoms with Gasteiger partial charge in [0.25, 0.3) is 0 Å². The molecule has 0 bridgehead atoms. The van der Waals surface area contributed by atoms with E-state index < -0.39 is 0 Å². The quantitative estimate of drug-likeness (QED) is 0.798. The van der Waals surface area contributed by atoms with Crippen LogP contribution in [0.1, 0.15) is 36.0 Å². The van der Waals surface area contributed by atoms with Crippen LogP contribution in [0.25, 0.3) is 6.08 Å². The molecule has 0 saturated heterocycles. The van der Waals surface area contributed by atoms with Crippen LogP contribution in [0.15, 0.2) is 60.2 Å². The molecule has 3 rings (SSSR count). The fraction of sp³-hybridized carbons (Fsp3) is 0.211. The van der Waals surface area contributed by atoms with E-state index in [-0.39, 0.29) is 11.7 Å². The number of carbonyl (C=O) groups is 1. The molecular weight excluding hydrogens is 244 g/mol. The van der Waals surface area contributed by atoms with Gasteiger partial charge in [0.2, 0.25) is 0 Å². The lowest BCUT2D eigenvalue weighted by molar-refractivity contribution is -0.117. The number of allylic oxidation sites excluding steroid dienone is 1. The average Bonchev–Trinajstić information content (AvgIpc) is 2.78. The minimum absolute atomic E-state index is 0.254. The number of carbonyl (C=O) groups excluding carboxylic acids is 1. The van der Waals surface area contributed by atoms with Gasteiger partial charge in [-0.2, -0.15) is 0 Å². The van der Waals surface area contributed by atoms with E-state index in [1.54, 1.807) is 6.92 Å². The fourth-order valence-corrected chi connectivity index (χ4v) is 2.99. The second-order valence-corrected chi connectivity index (χ2v) is 5.47. The molecule has 2 aromatic rings. The second kappa shape index (κ2) is 5.46. The standard InChI is InChI=1S/C19H18O/c1-14(20)11-19-17(12-15-7-3-2-4-8-15)13-16-9-5-6-10-18(16)19/h2-10,13,19H,11-12H2,1H3. The molecule has 100 valence electrons. The molecule has 1 nitrogen and oxygen atoms in total. The van der Waals surface area contributed by atoms with Gasteiger partial charge in [-0.25, -0.2) is 0 Å². The molecule has 0 aromatic heterocycles. The van der Waals surface area contributed by atoms with Gasteiger partial charge in [-0.1, -0.05) is 66.2 Å². The smallest absolute Gasteiger partial charge is 0.130 e. The third-order valence-electron chi connectivity index (χ3n) is 3.90. The maximum atomic E-state index is 11.6. The Hall–Kier alpha value is -2.15. The highest BCUT2D eigenvalue weighted by molar-refractivity contribution is 5.79. The first-order valence-corrected chi connectivity index (χ1v) is 7.07. The number of hydrogen-bond donors (Lipinski definition) is 0. The Morgan fingerprint density at radius 1 is 1.00 bits per heavy atom. The monoisotopic (exact) mass is 262 g/mol. The lowest BCUT2D eigenvalue weighted by atomic mass is 9.88. The summed E-state index contributed by atoms with van der Waals surface area (Å²) >= 11 is 0. The van der Waals surface area contributed by atoms with Crippen molar-refractivity contribution in [1.82, 2.24) is 0 Å². The van der Waals surface area contributed by atoms with Crippen LogP contribution in [-0.2, 0) is 11.2 Å². The Labute approximate surface area is 120 Å². The first kappa shape index (κ1) is 12.9. The number of Topliss-reactive ketones (excluding diaryl/α,β-unsaturated/α-hetero) is 1. The Kier molecular flexibility index (Phi) is 3.51. The zero-order chi connectivity index (χ0) is 13.9. The van der Waals surface area contributed by atoms with Gasteiger partial charge in [0.15, 0.2) is 0 Å². The molecule has 20 heavy (non-hydrogen) atoms. The SMILES string of the molecule is CC(=O)CC1C(Cc2ccccc2)=Cc2ccccc21. The third-order valence-corrected chi connectivity index (χ3v) is 3.90. The predicted molar refractivity (Wildman–Crippen MR) is 82.6 cm³/mol. The van der Waals surface area contributed by atoms with Gasteiger partial charge in [0.1, 0.15) is 5.78 Å². The van der Waals surface area contributed by atoms with Gasteiger partial charge in [0, 0.05) is 12.3 Å². The van der Waals surface area contributed by atoms with Crippen molar-refractivity contribution in [3.63, 3.8) is 0 Å². The summed E-state index contributed by atoms with van der Waals surface area (Å²) in [6.45, 7) is 1.68. The molecule has 0 aliphatic heterocycles. The van der Waals surface area contributed by atoms with Crippen molar-refractivity contribution >= 4 is 11.9 Å². The molecule has 0 heterocycles. The van der Waals surface area contributed by atoms with Gasteiger partial charge < -0.3 is 0 Å². The van der Waals surface area contributed by atoms with Crippen LogP contribution in [0.4, 0.5) is 0 Å². The molecule has 0 radical (unpaired) electrons. The van der Waals surface area contributed by atoms with Crippen molar-refractivity contribution in [2.75, 3.05) is 0 Å². The molecular formula is C19H18O. The molecule has 0 N–H and O–H groups in total.